The molecule has 8 aromatic carbocycles. The van der Waals surface area contributed by atoms with E-state index in [-0.39, 0.29) is 0 Å². The van der Waals surface area contributed by atoms with Gasteiger partial charge in [0.1, 0.15) is 22.3 Å². The number of fused-ring (bicyclic) bond motifs is 8. The van der Waals surface area contributed by atoms with Crippen molar-refractivity contribution in [3.8, 4) is 33.4 Å². The van der Waals surface area contributed by atoms with Crippen molar-refractivity contribution in [2.24, 2.45) is 0 Å². The Morgan fingerprint density at radius 1 is 0.283 bits per heavy atom. The Morgan fingerprint density at radius 3 is 1.52 bits per heavy atom. The highest BCUT2D eigenvalue weighted by Crippen LogP contribution is 2.47. The molecular weight excluding hydrogens is 560 g/mol. The first kappa shape index (κ1) is 25.2. The Labute approximate surface area is 264 Å². The Kier molecular flexibility index (Phi) is 5.31. The molecule has 0 atom stereocenters. The third kappa shape index (κ3) is 3.65. The second-order valence-corrected chi connectivity index (χ2v) is 12.0. The first-order valence-electron chi connectivity index (χ1n) is 15.7. The highest BCUT2D eigenvalue weighted by Gasteiger charge is 2.21. The van der Waals surface area contributed by atoms with E-state index < -0.39 is 0 Å². The fourth-order valence-corrected chi connectivity index (χ4v) is 7.44. The number of benzene rings is 8. The van der Waals surface area contributed by atoms with Gasteiger partial charge < -0.3 is 8.83 Å². The molecule has 2 aromatic heterocycles. The van der Waals surface area contributed by atoms with Crippen LogP contribution in [0.25, 0.3) is 98.8 Å². The molecule has 0 aliphatic carbocycles. The SMILES string of the molecule is c1ccc(-c2ccc(-c3c4ccccc4c(-c4cccc5oc6cc7oc8ccccc8c7cc6c45)c4ccccc34)cc2)cc1. The van der Waals surface area contributed by atoms with Gasteiger partial charge in [-0.1, -0.05) is 133 Å². The molecule has 0 aliphatic rings. The zero-order valence-electron chi connectivity index (χ0n) is 24.8. The van der Waals surface area contributed by atoms with Crippen LogP contribution in [0.1, 0.15) is 0 Å². The van der Waals surface area contributed by atoms with Gasteiger partial charge in [-0.15, -0.1) is 0 Å². The third-order valence-corrected chi connectivity index (χ3v) is 9.48. The molecule has 46 heavy (non-hydrogen) atoms. The molecule has 0 radical (unpaired) electrons. The van der Waals surface area contributed by atoms with Crippen molar-refractivity contribution < 1.29 is 8.83 Å². The smallest absolute Gasteiger partial charge is 0.139 e. The summed E-state index contributed by atoms with van der Waals surface area (Å²) in [7, 11) is 0. The zero-order chi connectivity index (χ0) is 30.2. The van der Waals surface area contributed by atoms with Crippen molar-refractivity contribution in [1.29, 1.82) is 0 Å². The molecule has 2 heterocycles. The highest BCUT2D eigenvalue weighted by atomic mass is 16.3. The lowest BCUT2D eigenvalue weighted by Gasteiger charge is -2.18. The fraction of sp³-hybridized carbons (Fsp3) is 0. The average Bonchev–Trinajstić information content (AvgIpc) is 3.67. The molecule has 10 aromatic rings. The van der Waals surface area contributed by atoms with E-state index in [1.54, 1.807) is 0 Å². The van der Waals surface area contributed by atoms with E-state index in [4.69, 9.17) is 8.83 Å². The van der Waals surface area contributed by atoms with Gasteiger partial charge in [0.25, 0.3) is 0 Å². The zero-order valence-corrected chi connectivity index (χ0v) is 24.8. The summed E-state index contributed by atoms with van der Waals surface area (Å²) in [4.78, 5) is 0. The summed E-state index contributed by atoms with van der Waals surface area (Å²) in [6, 6.07) is 56.2. The van der Waals surface area contributed by atoms with Crippen molar-refractivity contribution in [3.05, 3.63) is 158 Å². The molecule has 0 spiro atoms. The molecule has 0 unspecified atom stereocenters. The molecule has 2 heteroatoms. The van der Waals surface area contributed by atoms with E-state index in [0.717, 1.165) is 43.9 Å². The van der Waals surface area contributed by atoms with Crippen molar-refractivity contribution in [2.45, 2.75) is 0 Å². The third-order valence-electron chi connectivity index (χ3n) is 9.48. The molecule has 0 N–H and O–H groups in total. The molecule has 0 amide bonds. The number of rotatable bonds is 3. The molecule has 10 rings (SSSR count). The van der Waals surface area contributed by atoms with Crippen LogP contribution in [0.2, 0.25) is 0 Å². The molecule has 0 fully saturated rings. The van der Waals surface area contributed by atoms with E-state index in [0.29, 0.717) is 0 Å². The summed E-state index contributed by atoms with van der Waals surface area (Å²) in [5.41, 5.74) is 10.7. The van der Waals surface area contributed by atoms with Crippen molar-refractivity contribution in [1.82, 2.24) is 0 Å². The molecular formula is C44H26O2. The predicted molar refractivity (Wildman–Crippen MR) is 192 cm³/mol. The van der Waals surface area contributed by atoms with E-state index in [9.17, 15) is 0 Å². The van der Waals surface area contributed by atoms with Crippen LogP contribution in [0.4, 0.5) is 0 Å². The number of hydrogen-bond donors (Lipinski definition) is 0. The van der Waals surface area contributed by atoms with Gasteiger partial charge in [0.2, 0.25) is 0 Å². The van der Waals surface area contributed by atoms with Crippen LogP contribution in [0, 0.1) is 0 Å². The van der Waals surface area contributed by atoms with Crippen LogP contribution >= 0.6 is 0 Å². The van der Waals surface area contributed by atoms with Crippen LogP contribution in [0.5, 0.6) is 0 Å². The second-order valence-electron chi connectivity index (χ2n) is 12.0. The van der Waals surface area contributed by atoms with Crippen molar-refractivity contribution in [2.75, 3.05) is 0 Å². The average molecular weight is 587 g/mol. The van der Waals surface area contributed by atoms with Gasteiger partial charge in [0.05, 0.1) is 0 Å². The predicted octanol–water partition coefficient (Wildman–Crippen LogP) is 12.8. The molecule has 214 valence electrons. The van der Waals surface area contributed by atoms with Gasteiger partial charge in [-0.25, -0.2) is 0 Å². The quantitative estimate of drug-likeness (QED) is 0.193. The monoisotopic (exact) mass is 586 g/mol. The lowest BCUT2D eigenvalue weighted by atomic mass is 9.84. The van der Waals surface area contributed by atoms with Gasteiger partial charge in [0.15, 0.2) is 0 Å². The topological polar surface area (TPSA) is 26.3 Å². The van der Waals surface area contributed by atoms with Crippen molar-refractivity contribution >= 4 is 65.4 Å². The first-order chi connectivity index (χ1) is 22.8. The Balaban J connectivity index is 1.27. The summed E-state index contributed by atoms with van der Waals surface area (Å²) >= 11 is 0. The second kappa shape index (κ2) is 9.69. The Bertz CT molecular complexity index is 2720. The fourth-order valence-electron chi connectivity index (χ4n) is 7.44. The van der Waals surface area contributed by atoms with Crippen LogP contribution in [-0.4, -0.2) is 0 Å². The van der Waals surface area contributed by atoms with Crippen LogP contribution in [0.3, 0.4) is 0 Å². The van der Waals surface area contributed by atoms with E-state index in [1.807, 2.05) is 18.2 Å². The minimum atomic E-state index is 0.831. The molecule has 2 nitrogen and oxygen atoms in total. The maximum Gasteiger partial charge on any atom is 0.139 e. The summed E-state index contributed by atoms with van der Waals surface area (Å²) in [6.45, 7) is 0. The maximum atomic E-state index is 6.52. The first-order valence-corrected chi connectivity index (χ1v) is 15.7. The van der Waals surface area contributed by atoms with Gasteiger partial charge >= 0.3 is 0 Å². The van der Waals surface area contributed by atoms with Gasteiger partial charge in [-0.05, 0) is 73.1 Å². The minimum Gasteiger partial charge on any atom is -0.456 e. The number of para-hydroxylation sites is 1. The maximum absolute atomic E-state index is 6.52. The number of furan rings is 2. The summed E-state index contributed by atoms with van der Waals surface area (Å²) in [5, 5.41) is 9.35. The molecule has 0 bridgehead atoms. The van der Waals surface area contributed by atoms with Gasteiger partial charge in [0, 0.05) is 27.6 Å². The molecule has 0 saturated carbocycles. The Morgan fingerprint density at radius 2 is 0.804 bits per heavy atom. The van der Waals surface area contributed by atoms with Gasteiger partial charge in [-0.2, -0.15) is 0 Å². The molecule has 0 saturated heterocycles. The normalized spacial score (nSPS) is 11.9. The highest BCUT2D eigenvalue weighted by molar-refractivity contribution is 6.26. The summed E-state index contributed by atoms with van der Waals surface area (Å²) < 4.78 is 12.7. The van der Waals surface area contributed by atoms with E-state index in [1.165, 1.54) is 54.9 Å². The lowest BCUT2D eigenvalue weighted by molar-refractivity contribution is 0.656. The van der Waals surface area contributed by atoms with Gasteiger partial charge in [-0.3, -0.25) is 0 Å². The van der Waals surface area contributed by atoms with Crippen LogP contribution in [0.15, 0.2) is 167 Å². The van der Waals surface area contributed by atoms with E-state index in [2.05, 4.69) is 140 Å². The largest absolute Gasteiger partial charge is 0.456 e. The molecule has 0 aliphatic heterocycles. The lowest BCUT2D eigenvalue weighted by Crippen LogP contribution is -1.91. The van der Waals surface area contributed by atoms with Crippen LogP contribution < -0.4 is 0 Å². The van der Waals surface area contributed by atoms with Crippen LogP contribution in [-0.2, 0) is 0 Å². The summed E-state index contributed by atoms with van der Waals surface area (Å²) in [6.07, 6.45) is 0. The summed E-state index contributed by atoms with van der Waals surface area (Å²) in [5.74, 6) is 0. The Hall–Kier alpha value is -6.12. The van der Waals surface area contributed by atoms with Crippen molar-refractivity contribution in [3.63, 3.8) is 0 Å². The number of hydrogen-bond acceptors (Lipinski definition) is 2. The minimum absolute atomic E-state index is 0.831. The van der Waals surface area contributed by atoms with E-state index >= 15 is 0 Å². The standard InChI is InChI=1S/C44H26O2/c1-2-11-27(12-3-1)28-21-23-29(24-22-28)42-31-14-4-6-16-33(31)43(34-17-7-5-15-32(34)42)35-18-10-20-39-44(35)37-25-36-30-13-8-9-19-38(30)45-40(36)26-41(37)46-39/h1-26H.